The summed E-state index contributed by atoms with van der Waals surface area (Å²) >= 11 is 0. The molecule has 0 spiro atoms. The normalized spacial score (nSPS) is 22.9. The molecule has 0 bridgehead atoms. The maximum absolute atomic E-state index is 5.54. The molecule has 0 radical (unpaired) electrons. The Morgan fingerprint density at radius 2 is 2.08 bits per heavy atom. The number of hydrogen-bond acceptors (Lipinski definition) is 4. The molecule has 1 aliphatic heterocycles. The average molecular weight is 179 g/mol. The maximum Gasteiger partial charge on any atom is 0.157 e. The molecule has 1 saturated heterocycles. The van der Waals surface area contributed by atoms with Gasteiger partial charge in [-0.25, -0.2) is 9.97 Å². The van der Waals surface area contributed by atoms with Crippen LogP contribution < -0.4 is 5.73 Å². The molecule has 4 nitrogen and oxygen atoms in total. The van der Waals surface area contributed by atoms with Gasteiger partial charge in [0.05, 0.1) is 18.1 Å². The summed E-state index contributed by atoms with van der Waals surface area (Å²) in [5, 5.41) is 0. The highest BCUT2D eigenvalue weighted by Gasteiger charge is 2.17. The number of hydrogen-bond donors (Lipinski definition) is 1. The van der Waals surface area contributed by atoms with E-state index in [1.807, 2.05) is 0 Å². The van der Waals surface area contributed by atoms with Crippen molar-refractivity contribution in [3.63, 3.8) is 0 Å². The molecule has 2 heterocycles. The van der Waals surface area contributed by atoms with Gasteiger partial charge in [0, 0.05) is 6.61 Å². The summed E-state index contributed by atoms with van der Waals surface area (Å²) in [6.45, 7) is 0.818. The van der Waals surface area contributed by atoms with E-state index in [-0.39, 0.29) is 6.10 Å². The van der Waals surface area contributed by atoms with Crippen molar-refractivity contribution in [2.75, 3.05) is 12.3 Å². The topological polar surface area (TPSA) is 61.0 Å². The lowest BCUT2D eigenvalue weighted by molar-refractivity contribution is 0.00946. The second-order valence-electron chi connectivity index (χ2n) is 3.23. The largest absolute Gasteiger partial charge is 0.396 e. The minimum Gasteiger partial charge on any atom is -0.396 e. The van der Waals surface area contributed by atoms with Crippen LogP contribution in [0.2, 0.25) is 0 Å². The van der Waals surface area contributed by atoms with Gasteiger partial charge in [-0.05, 0) is 19.3 Å². The quantitative estimate of drug-likeness (QED) is 0.705. The number of rotatable bonds is 1. The Labute approximate surface area is 77.1 Å². The Morgan fingerprint density at radius 3 is 2.69 bits per heavy atom. The molecular formula is C9H13N3O. The number of nitrogens with zero attached hydrogens (tertiary/aromatic N) is 2. The van der Waals surface area contributed by atoms with E-state index in [0.29, 0.717) is 5.69 Å². The van der Waals surface area contributed by atoms with Gasteiger partial charge < -0.3 is 10.5 Å². The number of ether oxygens (including phenoxy) is 1. The minimum atomic E-state index is 0.0781. The number of anilines is 1. The fraction of sp³-hybridized carbons (Fsp3) is 0.556. The molecule has 1 aliphatic rings. The van der Waals surface area contributed by atoms with Crippen LogP contribution in [0.25, 0.3) is 0 Å². The lowest BCUT2D eigenvalue weighted by Gasteiger charge is -2.20. The zero-order chi connectivity index (χ0) is 9.10. The molecule has 0 amide bonds. The second kappa shape index (κ2) is 3.70. The third-order valence-corrected chi connectivity index (χ3v) is 2.16. The zero-order valence-corrected chi connectivity index (χ0v) is 7.44. The molecule has 1 fully saturated rings. The number of nitrogens with two attached hydrogens (primary N) is 1. The molecule has 1 atom stereocenters. The Bertz CT molecular complexity index is 267. The molecule has 2 rings (SSSR count). The smallest absolute Gasteiger partial charge is 0.157 e. The third kappa shape index (κ3) is 1.95. The van der Waals surface area contributed by atoms with Gasteiger partial charge in [-0.2, -0.15) is 0 Å². The Hall–Kier alpha value is -1.16. The van der Waals surface area contributed by atoms with Crippen LogP contribution in [0.5, 0.6) is 0 Å². The highest BCUT2D eigenvalue weighted by Crippen LogP contribution is 2.24. The predicted octanol–water partition coefficient (Wildman–Crippen LogP) is 1.30. The van der Waals surface area contributed by atoms with Crippen molar-refractivity contribution < 1.29 is 4.74 Å². The number of aromatic nitrogens is 2. The van der Waals surface area contributed by atoms with Crippen molar-refractivity contribution in [2.24, 2.45) is 0 Å². The first-order chi connectivity index (χ1) is 6.36. The van der Waals surface area contributed by atoms with E-state index in [2.05, 4.69) is 9.97 Å². The van der Waals surface area contributed by atoms with Gasteiger partial charge in [0.2, 0.25) is 0 Å². The molecule has 1 aromatic rings. The van der Waals surface area contributed by atoms with Crippen LogP contribution in [0.3, 0.4) is 0 Å². The van der Waals surface area contributed by atoms with Gasteiger partial charge in [0.1, 0.15) is 6.10 Å². The highest BCUT2D eigenvalue weighted by atomic mass is 16.5. The molecule has 4 heteroatoms. The van der Waals surface area contributed by atoms with Crippen molar-refractivity contribution in [2.45, 2.75) is 25.4 Å². The monoisotopic (exact) mass is 179 g/mol. The molecule has 70 valence electrons. The summed E-state index contributed by atoms with van der Waals surface area (Å²) in [7, 11) is 0. The Morgan fingerprint density at radius 1 is 1.31 bits per heavy atom. The molecule has 2 N–H and O–H groups in total. The zero-order valence-electron chi connectivity index (χ0n) is 7.44. The first-order valence-electron chi connectivity index (χ1n) is 4.55. The third-order valence-electron chi connectivity index (χ3n) is 2.16. The lowest BCUT2D eigenvalue weighted by atomic mass is 10.1. The molecule has 0 aliphatic carbocycles. The van der Waals surface area contributed by atoms with Gasteiger partial charge in [-0.1, -0.05) is 0 Å². The minimum absolute atomic E-state index is 0.0781. The molecular weight excluding hydrogens is 166 g/mol. The van der Waals surface area contributed by atoms with Crippen molar-refractivity contribution in [1.29, 1.82) is 0 Å². The van der Waals surface area contributed by atoms with E-state index in [4.69, 9.17) is 10.5 Å². The van der Waals surface area contributed by atoms with Crippen molar-refractivity contribution in [3.05, 3.63) is 18.2 Å². The van der Waals surface area contributed by atoms with Gasteiger partial charge >= 0.3 is 0 Å². The van der Waals surface area contributed by atoms with Gasteiger partial charge in [0.25, 0.3) is 0 Å². The maximum atomic E-state index is 5.54. The van der Waals surface area contributed by atoms with Crippen LogP contribution in [0, 0.1) is 0 Å². The van der Waals surface area contributed by atoms with Crippen molar-refractivity contribution in [1.82, 2.24) is 9.97 Å². The lowest BCUT2D eigenvalue weighted by Crippen LogP contribution is -2.14. The van der Waals surface area contributed by atoms with E-state index in [9.17, 15) is 0 Å². The van der Waals surface area contributed by atoms with E-state index in [1.165, 1.54) is 6.42 Å². The molecule has 1 unspecified atom stereocenters. The summed E-state index contributed by atoms with van der Waals surface area (Å²) < 4.78 is 5.54. The summed E-state index contributed by atoms with van der Waals surface area (Å²) in [5.41, 5.74) is 6.09. The predicted molar refractivity (Wildman–Crippen MR) is 49.0 cm³/mol. The first kappa shape index (κ1) is 8.44. The van der Waals surface area contributed by atoms with Crippen LogP contribution in [0.15, 0.2) is 12.4 Å². The summed E-state index contributed by atoms with van der Waals surface area (Å²) in [6.07, 6.45) is 6.68. The first-order valence-corrected chi connectivity index (χ1v) is 4.55. The highest BCUT2D eigenvalue weighted by molar-refractivity contribution is 5.30. The Balaban J connectivity index is 2.10. The van der Waals surface area contributed by atoms with Gasteiger partial charge in [0.15, 0.2) is 5.82 Å². The second-order valence-corrected chi connectivity index (χ2v) is 3.23. The summed E-state index contributed by atoms with van der Waals surface area (Å²) in [6, 6.07) is 0. The molecule has 13 heavy (non-hydrogen) atoms. The van der Waals surface area contributed by atoms with E-state index in [0.717, 1.165) is 25.3 Å². The van der Waals surface area contributed by atoms with Crippen LogP contribution in [0.1, 0.15) is 31.2 Å². The fourth-order valence-electron chi connectivity index (χ4n) is 1.46. The summed E-state index contributed by atoms with van der Waals surface area (Å²) in [5.74, 6) is 0.758. The number of nitrogen functional groups attached to an aromatic ring is 1. The Kier molecular flexibility index (Phi) is 2.40. The van der Waals surface area contributed by atoms with Crippen LogP contribution in [-0.2, 0) is 4.74 Å². The SMILES string of the molecule is Nc1cnc(C2CCCCO2)nc1. The van der Waals surface area contributed by atoms with E-state index >= 15 is 0 Å². The van der Waals surface area contributed by atoms with Gasteiger partial charge in [-0.15, -0.1) is 0 Å². The standard InChI is InChI=1S/C9H13N3O/c10-7-5-11-9(12-6-7)8-3-1-2-4-13-8/h5-6,8H,1-4,10H2. The van der Waals surface area contributed by atoms with E-state index < -0.39 is 0 Å². The molecule has 0 aromatic carbocycles. The van der Waals surface area contributed by atoms with Crippen molar-refractivity contribution >= 4 is 5.69 Å². The van der Waals surface area contributed by atoms with Crippen LogP contribution in [-0.4, -0.2) is 16.6 Å². The molecule has 1 aromatic heterocycles. The van der Waals surface area contributed by atoms with Crippen LogP contribution >= 0.6 is 0 Å². The average Bonchev–Trinajstić information content (AvgIpc) is 2.20. The van der Waals surface area contributed by atoms with Crippen LogP contribution in [0.4, 0.5) is 5.69 Å². The fourth-order valence-corrected chi connectivity index (χ4v) is 1.46. The van der Waals surface area contributed by atoms with Crippen molar-refractivity contribution in [3.8, 4) is 0 Å². The van der Waals surface area contributed by atoms with E-state index in [1.54, 1.807) is 12.4 Å². The van der Waals surface area contributed by atoms with Gasteiger partial charge in [-0.3, -0.25) is 0 Å². The summed E-state index contributed by atoms with van der Waals surface area (Å²) in [4.78, 5) is 8.28. The molecule has 0 saturated carbocycles.